The highest BCUT2D eigenvalue weighted by Crippen LogP contribution is 2.36. The van der Waals surface area contributed by atoms with Gasteiger partial charge in [0.25, 0.3) is 0 Å². The summed E-state index contributed by atoms with van der Waals surface area (Å²) in [5.74, 6) is 1.18. The van der Waals surface area contributed by atoms with Gasteiger partial charge in [-0.25, -0.2) is 4.98 Å². The predicted molar refractivity (Wildman–Crippen MR) is 113 cm³/mol. The van der Waals surface area contributed by atoms with E-state index in [4.69, 9.17) is 26.0 Å². The summed E-state index contributed by atoms with van der Waals surface area (Å²) in [6, 6.07) is 10.1. The molecule has 1 aromatic carbocycles. The number of morpholine rings is 1. The van der Waals surface area contributed by atoms with Crippen LogP contribution in [0.25, 0.3) is 28.0 Å². The van der Waals surface area contributed by atoms with E-state index in [2.05, 4.69) is 16.1 Å². The molecule has 5 N–H and O–H groups in total. The minimum absolute atomic E-state index is 0.337. The number of rotatable bonds is 5. The lowest BCUT2D eigenvalue weighted by Gasteiger charge is -2.28. The fourth-order valence-electron chi connectivity index (χ4n) is 3.30. The number of pyridine rings is 1. The molecule has 0 aliphatic carbocycles. The van der Waals surface area contributed by atoms with Gasteiger partial charge in [-0.1, -0.05) is 18.2 Å². The Morgan fingerprint density at radius 1 is 1.21 bits per heavy atom. The average Bonchev–Trinajstić information content (AvgIpc) is 3.18. The van der Waals surface area contributed by atoms with Gasteiger partial charge in [0.1, 0.15) is 11.6 Å². The summed E-state index contributed by atoms with van der Waals surface area (Å²) in [5, 5.41) is 18.5. The van der Waals surface area contributed by atoms with Crippen molar-refractivity contribution < 1.29 is 4.74 Å². The third kappa shape index (κ3) is 3.35. The number of nitrogens with two attached hydrogens (primary N) is 2. The summed E-state index contributed by atoms with van der Waals surface area (Å²) >= 11 is 1.21. The van der Waals surface area contributed by atoms with E-state index >= 15 is 0 Å². The Kier molecular flexibility index (Phi) is 5.29. The number of aromatic nitrogens is 3. The summed E-state index contributed by atoms with van der Waals surface area (Å²) < 4.78 is 7.04. The Labute approximate surface area is 166 Å². The first-order chi connectivity index (χ1) is 13.7. The molecule has 0 spiro atoms. The molecule has 1 aliphatic heterocycles. The third-order valence-corrected chi connectivity index (χ3v) is 5.28. The molecule has 0 saturated carbocycles. The number of fused-ring (bicyclic) bond motifs is 1. The number of hydrogen-bond acceptors (Lipinski definition) is 8. The molecule has 4 rings (SSSR count). The van der Waals surface area contributed by atoms with E-state index in [1.807, 2.05) is 24.3 Å². The maximum absolute atomic E-state index is 7.29. The summed E-state index contributed by atoms with van der Waals surface area (Å²) in [6.07, 6.45) is 4.37. The van der Waals surface area contributed by atoms with Gasteiger partial charge in [-0.15, -0.1) is 0 Å². The minimum Gasteiger partial charge on any atom is -0.384 e. The lowest BCUT2D eigenvalue weighted by molar-refractivity contribution is 0.122. The van der Waals surface area contributed by atoms with Crippen molar-refractivity contribution >= 4 is 40.8 Å². The molecule has 0 bridgehead atoms. The lowest BCUT2D eigenvalue weighted by Crippen LogP contribution is -2.36. The molecule has 8 nitrogen and oxygen atoms in total. The number of ether oxygens (including phenoxy) is 1. The van der Waals surface area contributed by atoms with Crippen LogP contribution in [-0.4, -0.2) is 47.3 Å². The Balaban J connectivity index is 1.97. The van der Waals surface area contributed by atoms with Gasteiger partial charge in [-0.2, -0.15) is 9.78 Å². The third-order valence-electron chi connectivity index (χ3n) is 4.67. The van der Waals surface area contributed by atoms with Crippen LogP contribution in [0.15, 0.2) is 47.5 Å². The zero-order valence-electron chi connectivity index (χ0n) is 15.2. The quantitative estimate of drug-likeness (QED) is 0.448. The highest BCUT2D eigenvalue weighted by atomic mass is 32.2. The first kappa shape index (κ1) is 18.5. The Hall–Kier alpha value is -2.88. The van der Waals surface area contributed by atoms with Crippen LogP contribution >= 0.6 is 11.9 Å². The topological polar surface area (TPSA) is 119 Å². The lowest BCUT2D eigenvalue weighted by atomic mass is 10.0. The summed E-state index contributed by atoms with van der Waals surface area (Å²) in [6.45, 7) is 2.87. The number of hydrogen-bond donors (Lipinski definition) is 3. The zero-order chi connectivity index (χ0) is 19.5. The molecule has 0 radical (unpaired) electrons. The van der Waals surface area contributed by atoms with Crippen molar-refractivity contribution in [3.05, 3.63) is 42.6 Å². The maximum Gasteiger partial charge on any atom is 0.167 e. The fraction of sp³-hybridized carbons (Fsp3) is 0.211. The number of anilines is 1. The number of nitrogens with zero attached hydrogens (tertiary/aromatic N) is 4. The standard InChI is InChI=1S/C19H21N7OS/c20-6-5-17(21)26-19-15(12-23-26)14(13-3-1-2-4-16(13)28-22)11-18(24-19)25-7-9-27-10-8-25/h1-6,11-12,20H,7-10,21-22H2/b17-5+,20-6?. The predicted octanol–water partition coefficient (Wildman–Crippen LogP) is 2.31. The van der Waals surface area contributed by atoms with Gasteiger partial charge in [0, 0.05) is 29.6 Å². The van der Waals surface area contributed by atoms with Crippen molar-refractivity contribution in [3.63, 3.8) is 0 Å². The Morgan fingerprint density at radius 3 is 2.75 bits per heavy atom. The van der Waals surface area contributed by atoms with Gasteiger partial charge >= 0.3 is 0 Å². The SMILES string of the molecule is N=C/C=C(\N)n1ncc2c(-c3ccccc3SN)cc(N3CCOCC3)nc21. The number of nitrogens with one attached hydrogen (secondary N) is 1. The average molecular weight is 395 g/mol. The maximum atomic E-state index is 7.29. The molecule has 1 aliphatic rings. The van der Waals surface area contributed by atoms with Crippen LogP contribution in [0.1, 0.15) is 0 Å². The molecule has 1 fully saturated rings. The summed E-state index contributed by atoms with van der Waals surface area (Å²) in [5.41, 5.74) is 8.76. The highest BCUT2D eigenvalue weighted by Gasteiger charge is 2.20. The molecule has 0 amide bonds. The normalized spacial score (nSPS) is 15.2. The van der Waals surface area contributed by atoms with E-state index in [1.54, 1.807) is 10.9 Å². The van der Waals surface area contributed by atoms with Crippen LogP contribution in [0.3, 0.4) is 0 Å². The van der Waals surface area contributed by atoms with Crippen molar-refractivity contribution in [1.29, 1.82) is 5.41 Å². The van der Waals surface area contributed by atoms with Gasteiger partial charge in [0.05, 0.1) is 19.4 Å². The van der Waals surface area contributed by atoms with Gasteiger partial charge in [0.15, 0.2) is 5.65 Å². The molecule has 9 heteroatoms. The summed E-state index contributed by atoms with van der Waals surface area (Å²) in [4.78, 5) is 8.00. The largest absolute Gasteiger partial charge is 0.384 e. The van der Waals surface area contributed by atoms with Gasteiger partial charge in [-0.3, -0.25) is 5.14 Å². The van der Waals surface area contributed by atoms with Crippen LogP contribution in [0.4, 0.5) is 5.82 Å². The van der Waals surface area contributed by atoms with Crippen LogP contribution in [0.2, 0.25) is 0 Å². The molecule has 0 unspecified atom stereocenters. The van der Waals surface area contributed by atoms with Gasteiger partial charge in [0.2, 0.25) is 0 Å². The second-order valence-electron chi connectivity index (χ2n) is 6.29. The highest BCUT2D eigenvalue weighted by molar-refractivity contribution is 7.97. The molecule has 0 atom stereocenters. The summed E-state index contributed by atoms with van der Waals surface area (Å²) in [7, 11) is 0. The van der Waals surface area contributed by atoms with Crippen molar-refractivity contribution in [2.45, 2.75) is 4.90 Å². The van der Waals surface area contributed by atoms with Crippen LogP contribution in [-0.2, 0) is 4.74 Å². The molecular formula is C19H21N7OS. The molecular weight excluding hydrogens is 374 g/mol. The smallest absolute Gasteiger partial charge is 0.167 e. The first-order valence-corrected chi connectivity index (χ1v) is 9.75. The minimum atomic E-state index is 0.337. The van der Waals surface area contributed by atoms with Crippen LogP contribution < -0.4 is 15.8 Å². The number of benzene rings is 1. The molecule has 1 saturated heterocycles. The van der Waals surface area contributed by atoms with Crippen molar-refractivity contribution in [1.82, 2.24) is 14.8 Å². The monoisotopic (exact) mass is 395 g/mol. The molecule has 2 aromatic heterocycles. The van der Waals surface area contributed by atoms with Crippen molar-refractivity contribution in [2.24, 2.45) is 10.9 Å². The van der Waals surface area contributed by atoms with E-state index in [0.717, 1.165) is 46.5 Å². The van der Waals surface area contributed by atoms with Crippen LogP contribution in [0.5, 0.6) is 0 Å². The van der Waals surface area contributed by atoms with E-state index in [1.165, 1.54) is 18.0 Å². The van der Waals surface area contributed by atoms with Gasteiger partial charge in [-0.05, 0) is 41.3 Å². The molecule has 3 aromatic rings. The zero-order valence-corrected chi connectivity index (χ0v) is 16.0. The van der Waals surface area contributed by atoms with Crippen molar-refractivity contribution in [3.8, 4) is 11.1 Å². The van der Waals surface area contributed by atoms with E-state index < -0.39 is 0 Å². The van der Waals surface area contributed by atoms with Crippen LogP contribution in [0, 0.1) is 5.41 Å². The van der Waals surface area contributed by atoms with E-state index in [0.29, 0.717) is 24.7 Å². The number of allylic oxidation sites excluding steroid dienone is 1. The van der Waals surface area contributed by atoms with Gasteiger partial charge < -0.3 is 20.8 Å². The second kappa shape index (κ2) is 8.01. The molecule has 28 heavy (non-hydrogen) atoms. The molecule has 3 heterocycles. The first-order valence-electron chi connectivity index (χ1n) is 8.87. The van der Waals surface area contributed by atoms with E-state index in [9.17, 15) is 0 Å². The Morgan fingerprint density at radius 2 is 2.00 bits per heavy atom. The second-order valence-corrected chi connectivity index (χ2v) is 6.97. The Bertz CT molecular complexity index is 1040. The fourth-order valence-corrected chi connectivity index (χ4v) is 3.76. The molecule has 144 valence electrons. The van der Waals surface area contributed by atoms with E-state index in [-0.39, 0.29) is 0 Å². The van der Waals surface area contributed by atoms with Crippen molar-refractivity contribution in [2.75, 3.05) is 31.2 Å².